The molecule has 0 aliphatic carbocycles. The number of carbonyl (C=O) groups excluding carboxylic acids is 1. The summed E-state index contributed by atoms with van der Waals surface area (Å²) in [4.78, 5) is 11.9. The molecule has 1 unspecified atom stereocenters. The highest BCUT2D eigenvalue weighted by molar-refractivity contribution is 6.30. The summed E-state index contributed by atoms with van der Waals surface area (Å²) < 4.78 is 5.71. The molecule has 0 aliphatic heterocycles. The van der Waals surface area contributed by atoms with Gasteiger partial charge in [0.05, 0.1) is 6.54 Å². The highest BCUT2D eigenvalue weighted by atomic mass is 35.5. The van der Waals surface area contributed by atoms with E-state index in [0.29, 0.717) is 30.2 Å². The number of halogens is 2. The van der Waals surface area contributed by atoms with Crippen molar-refractivity contribution < 1.29 is 9.53 Å². The Balaban J connectivity index is 0.00000288. The van der Waals surface area contributed by atoms with Crippen molar-refractivity contribution in [3.8, 4) is 5.75 Å². The van der Waals surface area contributed by atoms with Crippen LogP contribution in [0.4, 0.5) is 5.69 Å². The highest BCUT2D eigenvalue weighted by Gasteiger charge is 2.08. The Morgan fingerprint density at radius 1 is 1.25 bits per heavy atom. The number of nitrogens with one attached hydrogen (secondary N) is 1. The minimum atomic E-state index is -0.140. The Morgan fingerprint density at radius 2 is 2.00 bits per heavy atom. The van der Waals surface area contributed by atoms with Gasteiger partial charge in [0, 0.05) is 17.1 Å². The molecular weight excluding hydrogens is 347 g/mol. The lowest BCUT2D eigenvalue weighted by atomic mass is 10.1. The van der Waals surface area contributed by atoms with Gasteiger partial charge >= 0.3 is 0 Å². The number of aryl methyl sites for hydroxylation is 1. The number of rotatable bonds is 7. The van der Waals surface area contributed by atoms with E-state index in [2.05, 4.69) is 5.32 Å². The van der Waals surface area contributed by atoms with Gasteiger partial charge in [0.15, 0.2) is 0 Å². The summed E-state index contributed by atoms with van der Waals surface area (Å²) >= 11 is 5.91. The first-order valence-electron chi connectivity index (χ1n) is 7.57. The first-order valence-corrected chi connectivity index (χ1v) is 7.94. The molecular formula is C18H22Cl2N2O2. The largest absolute Gasteiger partial charge is 0.489 e. The third kappa shape index (κ3) is 6.69. The van der Waals surface area contributed by atoms with Crippen LogP contribution in [0.1, 0.15) is 18.9 Å². The molecule has 0 saturated carbocycles. The van der Waals surface area contributed by atoms with Crippen LogP contribution >= 0.6 is 24.0 Å². The quantitative estimate of drug-likeness (QED) is 0.729. The zero-order valence-electron chi connectivity index (χ0n) is 13.5. The third-order valence-electron chi connectivity index (χ3n) is 3.40. The van der Waals surface area contributed by atoms with E-state index in [1.165, 1.54) is 0 Å². The van der Waals surface area contributed by atoms with Crippen molar-refractivity contribution in [1.82, 2.24) is 5.32 Å². The van der Waals surface area contributed by atoms with Crippen LogP contribution in [0.3, 0.4) is 0 Å². The molecule has 4 nitrogen and oxygen atoms in total. The van der Waals surface area contributed by atoms with Crippen LogP contribution < -0.4 is 15.8 Å². The number of ether oxygens (including phenoxy) is 1. The fraction of sp³-hybridized carbons (Fsp3) is 0.278. The van der Waals surface area contributed by atoms with Gasteiger partial charge in [0.25, 0.3) is 0 Å². The average Bonchev–Trinajstić information content (AvgIpc) is 2.52. The van der Waals surface area contributed by atoms with Crippen LogP contribution in [0.5, 0.6) is 5.75 Å². The van der Waals surface area contributed by atoms with Gasteiger partial charge in [0.2, 0.25) is 5.91 Å². The zero-order valence-corrected chi connectivity index (χ0v) is 15.1. The van der Waals surface area contributed by atoms with Gasteiger partial charge in [-0.05, 0) is 43.2 Å². The second-order valence-electron chi connectivity index (χ2n) is 5.39. The molecule has 0 heterocycles. The van der Waals surface area contributed by atoms with E-state index in [1.807, 2.05) is 43.3 Å². The summed E-state index contributed by atoms with van der Waals surface area (Å²) in [6.45, 7) is 2.34. The minimum Gasteiger partial charge on any atom is -0.489 e. The molecule has 0 aromatic heterocycles. The first kappa shape index (κ1) is 20.1. The number of hydrogen-bond donors (Lipinski definition) is 2. The normalized spacial score (nSPS) is 11.2. The summed E-state index contributed by atoms with van der Waals surface area (Å²) in [5.41, 5.74) is 7.58. The first-order chi connectivity index (χ1) is 11.0. The number of nitrogens with two attached hydrogens (primary N) is 1. The van der Waals surface area contributed by atoms with Gasteiger partial charge in [-0.25, -0.2) is 0 Å². The average molecular weight is 369 g/mol. The molecule has 2 aromatic carbocycles. The molecule has 0 saturated heterocycles. The smallest absolute Gasteiger partial charge is 0.220 e. The van der Waals surface area contributed by atoms with E-state index in [1.54, 1.807) is 12.1 Å². The molecule has 0 bridgehead atoms. The van der Waals surface area contributed by atoms with Gasteiger partial charge in [-0.1, -0.05) is 35.9 Å². The summed E-state index contributed by atoms with van der Waals surface area (Å²) in [6.07, 6.45) is 0.888. The van der Waals surface area contributed by atoms with Crippen LogP contribution in [-0.4, -0.2) is 18.6 Å². The molecule has 2 rings (SSSR count). The lowest BCUT2D eigenvalue weighted by Gasteiger charge is -2.15. The van der Waals surface area contributed by atoms with Crippen molar-refractivity contribution in [3.63, 3.8) is 0 Å². The Labute approximate surface area is 153 Å². The SMILES string of the molecule is CC(CNC(=O)CCc1ccccc1N)Oc1cccc(Cl)c1.Cl. The molecule has 0 aliphatic rings. The molecule has 6 heteroatoms. The van der Waals surface area contributed by atoms with Gasteiger partial charge in [0.1, 0.15) is 11.9 Å². The molecule has 1 atom stereocenters. The molecule has 3 N–H and O–H groups in total. The topological polar surface area (TPSA) is 64.4 Å². The second-order valence-corrected chi connectivity index (χ2v) is 5.83. The number of benzene rings is 2. The maximum Gasteiger partial charge on any atom is 0.220 e. The highest BCUT2D eigenvalue weighted by Crippen LogP contribution is 2.18. The van der Waals surface area contributed by atoms with E-state index >= 15 is 0 Å². The number of anilines is 1. The predicted octanol–water partition coefficient (Wildman–Crippen LogP) is 3.86. The molecule has 2 aromatic rings. The number of nitrogen functional groups attached to an aromatic ring is 1. The maximum absolute atomic E-state index is 11.9. The standard InChI is InChI=1S/C18H21ClN2O2.ClH/c1-13(23-16-7-4-6-15(19)11-16)12-21-18(22)10-9-14-5-2-3-8-17(14)20;/h2-8,11,13H,9-10,12,20H2,1H3,(H,21,22);1H. The maximum atomic E-state index is 11.9. The van der Waals surface area contributed by atoms with Crippen LogP contribution in [0.15, 0.2) is 48.5 Å². The van der Waals surface area contributed by atoms with Crippen LogP contribution in [0.25, 0.3) is 0 Å². The van der Waals surface area contributed by atoms with E-state index in [4.69, 9.17) is 22.1 Å². The van der Waals surface area contributed by atoms with E-state index in [9.17, 15) is 4.79 Å². The second kappa shape index (κ2) is 10.1. The number of hydrogen-bond acceptors (Lipinski definition) is 3. The van der Waals surface area contributed by atoms with Crippen LogP contribution in [0, 0.1) is 0 Å². The Morgan fingerprint density at radius 3 is 2.71 bits per heavy atom. The number of amides is 1. The van der Waals surface area contributed by atoms with Gasteiger partial charge in [-0.2, -0.15) is 0 Å². The number of para-hydroxylation sites is 1. The number of carbonyl (C=O) groups is 1. The lowest BCUT2D eigenvalue weighted by molar-refractivity contribution is -0.121. The molecule has 24 heavy (non-hydrogen) atoms. The summed E-state index contributed by atoms with van der Waals surface area (Å²) in [7, 11) is 0. The van der Waals surface area contributed by atoms with Crippen molar-refractivity contribution in [3.05, 3.63) is 59.1 Å². The summed E-state index contributed by atoms with van der Waals surface area (Å²) in [5, 5.41) is 3.49. The Bertz CT molecular complexity index is 665. The lowest BCUT2D eigenvalue weighted by Crippen LogP contribution is -2.33. The predicted molar refractivity (Wildman–Crippen MR) is 101 cm³/mol. The van der Waals surface area contributed by atoms with Crippen LogP contribution in [0.2, 0.25) is 5.02 Å². The van der Waals surface area contributed by atoms with E-state index in [-0.39, 0.29) is 24.4 Å². The minimum absolute atomic E-state index is 0. The van der Waals surface area contributed by atoms with Crippen molar-refractivity contribution in [2.24, 2.45) is 0 Å². The fourth-order valence-electron chi connectivity index (χ4n) is 2.17. The van der Waals surface area contributed by atoms with E-state index < -0.39 is 0 Å². The van der Waals surface area contributed by atoms with Crippen LogP contribution in [-0.2, 0) is 11.2 Å². The van der Waals surface area contributed by atoms with Crippen molar-refractivity contribution in [2.45, 2.75) is 25.9 Å². The Hall–Kier alpha value is -1.91. The monoisotopic (exact) mass is 368 g/mol. The third-order valence-corrected chi connectivity index (χ3v) is 3.63. The van der Waals surface area contributed by atoms with Gasteiger partial charge < -0.3 is 15.8 Å². The molecule has 0 fully saturated rings. The molecule has 0 spiro atoms. The van der Waals surface area contributed by atoms with Gasteiger partial charge in [-0.3, -0.25) is 4.79 Å². The van der Waals surface area contributed by atoms with Crippen molar-refractivity contribution in [2.75, 3.05) is 12.3 Å². The molecule has 130 valence electrons. The van der Waals surface area contributed by atoms with Crippen molar-refractivity contribution in [1.29, 1.82) is 0 Å². The van der Waals surface area contributed by atoms with Crippen molar-refractivity contribution >= 4 is 35.6 Å². The fourth-order valence-corrected chi connectivity index (χ4v) is 2.35. The molecule has 0 radical (unpaired) electrons. The Kier molecular flexibility index (Phi) is 8.44. The van der Waals surface area contributed by atoms with Gasteiger partial charge in [-0.15, -0.1) is 12.4 Å². The van der Waals surface area contributed by atoms with E-state index in [0.717, 1.165) is 11.3 Å². The summed E-state index contributed by atoms with van der Waals surface area (Å²) in [6, 6.07) is 14.8. The summed E-state index contributed by atoms with van der Waals surface area (Å²) in [5.74, 6) is 0.672. The zero-order chi connectivity index (χ0) is 16.7. The molecule has 1 amide bonds.